The molecular formula is C16H24ClNO. The monoisotopic (exact) mass is 281 g/mol. The van der Waals surface area contributed by atoms with Gasteiger partial charge < -0.3 is 10.1 Å². The van der Waals surface area contributed by atoms with Gasteiger partial charge in [-0.15, -0.1) is 0 Å². The fraction of sp³-hybridized carbons (Fsp3) is 0.625. The van der Waals surface area contributed by atoms with E-state index in [4.69, 9.17) is 16.3 Å². The smallest absolute Gasteiger partial charge is 0.0513 e. The molecular weight excluding hydrogens is 258 g/mol. The maximum atomic E-state index is 6.47. The predicted octanol–water partition coefficient (Wildman–Crippen LogP) is 4.03. The zero-order valence-electron chi connectivity index (χ0n) is 12.1. The molecule has 0 amide bonds. The summed E-state index contributed by atoms with van der Waals surface area (Å²) < 4.78 is 5.55. The Morgan fingerprint density at radius 1 is 1.37 bits per heavy atom. The molecule has 1 aromatic carbocycles. The second-order valence-corrected chi connectivity index (χ2v) is 5.92. The molecule has 1 saturated heterocycles. The van der Waals surface area contributed by atoms with Gasteiger partial charge in [-0.2, -0.15) is 0 Å². The Morgan fingerprint density at radius 3 is 2.74 bits per heavy atom. The summed E-state index contributed by atoms with van der Waals surface area (Å²) in [6, 6.07) is 4.64. The molecule has 0 aliphatic carbocycles. The van der Waals surface area contributed by atoms with Gasteiger partial charge >= 0.3 is 0 Å². The fourth-order valence-electron chi connectivity index (χ4n) is 2.69. The quantitative estimate of drug-likeness (QED) is 0.880. The SMILES string of the molecule is CCCNC(c1cc(C)c(C)cc1Cl)C1CCOC1. The molecule has 1 N–H and O–H groups in total. The summed E-state index contributed by atoms with van der Waals surface area (Å²) in [5, 5.41) is 4.53. The van der Waals surface area contributed by atoms with Crippen molar-refractivity contribution >= 4 is 11.6 Å². The first-order valence-corrected chi connectivity index (χ1v) is 7.59. The highest BCUT2D eigenvalue weighted by molar-refractivity contribution is 6.31. The van der Waals surface area contributed by atoms with Crippen LogP contribution in [0.5, 0.6) is 0 Å². The van der Waals surface area contributed by atoms with E-state index in [1.165, 1.54) is 16.7 Å². The molecule has 2 nitrogen and oxygen atoms in total. The van der Waals surface area contributed by atoms with Crippen LogP contribution in [0.4, 0.5) is 0 Å². The van der Waals surface area contributed by atoms with Crippen molar-refractivity contribution in [1.29, 1.82) is 0 Å². The highest BCUT2D eigenvalue weighted by Gasteiger charge is 2.28. The molecule has 1 fully saturated rings. The third-order valence-corrected chi connectivity index (χ3v) is 4.33. The minimum atomic E-state index is 0.314. The fourth-order valence-corrected chi connectivity index (χ4v) is 3.02. The van der Waals surface area contributed by atoms with E-state index in [2.05, 4.69) is 38.2 Å². The van der Waals surface area contributed by atoms with Gasteiger partial charge in [-0.3, -0.25) is 0 Å². The first kappa shape index (κ1) is 14.8. The van der Waals surface area contributed by atoms with Crippen LogP contribution in [0.25, 0.3) is 0 Å². The summed E-state index contributed by atoms with van der Waals surface area (Å²) in [5.74, 6) is 0.533. The molecule has 1 aromatic rings. The first-order valence-electron chi connectivity index (χ1n) is 7.21. The normalized spacial score (nSPS) is 20.7. The van der Waals surface area contributed by atoms with E-state index in [-0.39, 0.29) is 0 Å². The molecule has 19 heavy (non-hydrogen) atoms. The number of ether oxygens (including phenoxy) is 1. The number of benzene rings is 1. The number of aryl methyl sites for hydroxylation is 2. The second kappa shape index (κ2) is 6.74. The minimum Gasteiger partial charge on any atom is -0.381 e. The van der Waals surface area contributed by atoms with Gasteiger partial charge in [-0.05, 0) is 56.0 Å². The van der Waals surface area contributed by atoms with Crippen molar-refractivity contribution in [3.63, 3.8) is 0 Å². The number of halogens is 1. The zero-order valence-corrected chi connectivity index (χ0v) is 12.9. The number of rotatable bonds is 5. The molecule has 3 heteroatoms. The van der Waals surface area contributed by atoms with Crippen molar-refractivity contribution in [2.45, 2.75) is 39.7 Å². The molecule has 106 valence electrons. The van der Waals surface area contributed by atoms with Crippen LogP contribution in [-0.2, 0) is 4.74 Å². The van der Waals surface area contributed by atoms with Crippen molar-refractivity contribution in [2.24, 2.45) is 5.92 Å². The highest BCUT2D eigenvalue weighted by atomic mass is 35.5. The largest absolute Gasteiger partial charge is 0.381 e. The molecule has 0 aromatic heterocycles. The predicted molar refractivity (Wildman–Crippen MR) is 80.9 cm³/mol. The van der Waals surface area contributed by atoms with E-state index in [9.17, 15) is 0 Å². The van der Waals surface area contributed by atoms with Gasteiger partial charge in [0.2, 0.25) is 0 Å². The second-order valence-electron chi connectivity index (χ2n) is 5.51. The first-order chi connectivity index (χ1) is 9.13. The maximum Gasteiger partial charge on any atom is 0.0513 e. The summed E-state index contributed by atoms with van der Waals surface area (Å²) in [6.45, 7) is 9.18. The van der Waals surface area contributed by atoms with Gasteiger partial charge in [-0.25, -0.2) is 0 Å². The van der Waals surface area contributed by atoms with Crippen LogP contribution in [0.1, 0.15) is 42.5 Å². The van der Waals surface area contributed by atoms with Crippen LogP contribution in [0.3, 0.4) is 0 Å². The Kier molecular flexibility index (Phi) is 5.26. The van der Waals surface area contributed by atoms with Crippen molar-refractivity contribution in [2.75, 3.05) is 19.8 Å². The van der Waals surface area contributed by atoms with E-state index in [1.807, 2.05) is 0 Å². The van der Waals surface area contributed by atoms with Gasteiger partial charge in [0, 0.05) is 23.6 Å². The van der Waals surface area contributed by atoms with Crippen LogP contribution in [-0.4, -0.2) is 19.8 Å². The minimum absolute atomic E-state index is 0.314. The lowest BCUT2D eigenvalue weighted by Crippen LogP contribution is -2.29. The molecule has 2 unspecified atom stereocenters. The topological polar surface area (TPSA) is 21.3 Å². The summed E-state index contributed by atoms with van der Waals surface area (Å²) in [6.07, 6.45) is 2.25. The number of hydrogen-bond donors (Lipinski definition) is 1. The number of hydrogen-bond acceptors (Lipinski definition) is 2. The Balaban J connectivity index is 2.28. The Morgan fingerprint density at radius 2 is 2.11 bits per heavy atom. The molecule has 0 saturated carbocycles. The van der Waals surface area contributed by atoms with Crippen molar-refractivity contribution < 1.29 is 4.74 Å². The summed E-state index contributed by atoms with van der Waals surface area (Å²) >= 11 is 6.47. The van der Waals surface area contributed by atoms with E-state index in [0.717, 1.165) is 37.6 Å². The van der Waals surface area contributed by atoms with Crippen LogP contribution in [0, 0.1) is 19.8 Å². The standard InChI is InChI=1S/C16H24ClNO/c1-4-6-18-16(13-5-7-19-10-13)14-8-11(2)12(3)9-15(14)17/h8-9,13,16,18H,4-7,10H2,1-3H3. The van der Waals surface area contributed by atoms with Crippen molar-refractivity contribution in [3.05, 3.63) is 33.8 Å². The summed E-state index contributed by atoms with van der Waals surface area (Å²) in [7, 11) is 0. The van der Waals surface area contributed by atoms with Gasteiger partial charge in [0.05, 0.1) is 6.61 Å². The Hall–Kier alpha value is -0.570. The average Bonchev–Trinajstić information content (AvgIpc) is 2.89. The highest BCUT2D eigenvalue weighted by Crippen LogP contribution is 2.34. The van der Waals surface area contributed by atoms with E-state index in [1.54, 1.807) is 0 Å². The van der Waals surface area contributed by atoms with Crippen LogP contribution in [0.2, 0.25) is 5.02 Å². The van der Waals surface area contributed by atoms with Crippen LogP contribution < -0.4 is 5.32 Å². The molecule has 1 aliphatic heterocycles. The molecule has 0 bridgehead atoms. The zero-order chi connectivity index (χ0) is 13.8. The third kappa shape index (κ3) is 3.50. The number of nitrogens with one attached hydrogen (secondary N) is 1. The van der Waals surface area contributed by atoms with Gasteiger partial charge in [0.25, 0.3) is 0 Å². The summed E-state index contributed by atoms with van der Waals surface area (Å²) in [5.41, 5.74) is 3.79. The Labute approximate surface area is 121 Å². The molecule has 1 heterocycles. The molecule has 1 aliphatic rings. The van der Waals surface area contributed by atoms with Crippen LogP contribution >= 0.6 is 11.6 Å². The molecule has 0 spiro atoms. The molecule has 2 rings (SSSR count). The van der Waals surface area contributed by atoms with Gasteiger partial charge in [-0.1, -0.05) is 24.6 Å². The van der Waals surface area contributed by atoms with Crippen LogP contribution in [0.15, 0.2) is 12.1 Å². The van der Waals surface area contributed by atoms with E-state index in [0.29, 0.717) is 12.0 Å². The van der Waals surface area contributed by atoms with Gasteiger partial charge in [0.1, 0.15) is 0 Å². The van der Waals surface area contributed by atoms with Crippen molar-refractivity contribution in [1.82, 2.24) is 5.32 Å². The lowest BCUT2D eigenvalue weighted by atomic mass is 9.90. The Bertz CT molecular complexity index is 427. The van der Waals surface area contributed by atoms with Crippen molar-refractivity contribution in [3.8, 4) is 0 Å². The van der Waals surface area contributed by atoms with Gasteiger partial charge in [0.15, 0.2) is 0 Å². The van der Waals surface area contributed by atoms with E-state index < -0.39 is 0 Å². The maximum absolute atomic E-state index is 6.47. The lowest BCUT2D eigenvalue weighted by molar-refractivity contribution is 0.176. The third-order valence-electron chi connectivity index (χ3n) is 4.00. The van der Waals surface area contributed by atoms with E-state index >= 15 is 0 Å². The molecule has 2 atom stereocenters. The average molecular weight is 282 g/mol. The summed E-state index contributed by atoms with van der Waals surface area (Å²) in [4.78, 5) is 0. The lowest BCUT2D eigenvalue weighted by Gasteiger charge is -2.26. The molecule has 0 radical (unpaired) electrons.